The summed E-state index contributed by atoms with van der Waals surface area (Å²) in [7, 11) is 2.87. The number of hydrogen-bond acceptors (Lipinski definition) is 6. The molecule has 0 saturated heterocycles. The Labute approximate surface area is 161 Å². The molecule has 0 spiro atoms. The Morgan fingerprint density at radius 1 is 1.21 bits per heavy atom. The van der Waals surface area contributed by atoms with Crippen LogP contribution in [0.1, 0.15) is 16.3 Å². The number of aromatic nitrogens is 5. The third kappa shape index (κ3) is 3.22. The molecule has 148 valence electrons. The third-order valence-electron chi connectivity index (χ3n) is 4.43. The van der Waals surface area contributed by atoms with Crippen LogP contribution in [0.15, 0.2) is 44.4 Å². The second-order valence-corrected chi connectivity index (χ2v) is 6.35. The second kappa shape index (κ2) is 6.86. The van der Waals surface area contributed by atoms with Crippen molar-refractivity contribution in [2.45, 2.75) is 6.54 Å². The first-order valence-electron chi connectivity index (χ1n) is 8.50. The molecule has 3 heterocycles. The Balaban J connectivity index is 1.52. The zero-order valence-electron chi connectivity index (χ0n) is 15.4. The molecule has 4 rings (SSSR count). The van der Waals surface area contributed by atoms with Crippen LogP contribution in [0.4, 0.5) is 4.39 Å². The zero-order chi connectivity index (χ0) is 20.7. The van der Waals surface area contributed by atoms with Crippen LogP contribution in [0.3, 0.4) is 0 Å². The number of benzene rings is 1. The highest BCUT2D eigenvalue weighted by Crippen LogP contribution is 2.20. The van der Waals surface area contributed by atoms with E-state index >= 15 is 0 Å². The van der Waals surface area contributed by atoms with Gasteiger partial charge in [-0.2, -0.15) is 0 Å². The molecule has 0 aliphatic carbocycles. The number of carbonyl (C=O) groups is 1. The average Bonchev–Trinajstić information content (AvgIpc) is 3.37. The summed E-state index contributed by atoms with van der Waals surface area (Å²) in [5.74, 6) is -0.292. The van der Waals surface area contributed by atoms with Crippen molar-refractivity contribution in [2.75, 3.05) is 0 Å². The Morgan fingerprint density at radius 2 is 1.93 bits per heavy atom. The number of H-pyrrole nitrogens is 1. The number of rotatable bonds is 4. The van der Waals surface area contributed by atoms with E-state index in [0.29, 0.717) is 17.1 Å². The first-order valence-corrected chi connectivity index (χ1v) is 8.50. The lowest BCUT2D eigenvalue weighted by Gasteiger charge is -2.00. The summed E-state index contributed by atoms with van der Waals surface area (Å²) < 4.78 is 20.3. The minimum absolute atomic E-state index is 0.0242. The highest BCUT2D eigenvalue weighted by atomic mass is 19.1. The molecule has 0 bridgehead atoms. The number of aromatic amines is 1. The van der Waals surface area contributed by atoms with Gasteiger partial charge in [0.05, 0.1) is 6.54 Å². The highest BCUT2D eigenvalue weighted by Gasteiger charge is 2.16. The van der Waals surface area contributed by atoms with Gasteiger partial charge in [0.15, 0.2) is 17.1 Å². The van der Waals surface area contributed by atoms with E-state index in [-0.39, 0.29) is 29.2 Å². The van der Waals surface area contributed by atoms with Crippen LogP contribution in [0.25, 0.3) is 22.5 Å². The predicted molar refractivity (Wildman–Crippen MR) is 99.6 cm³/mol. The normalized spacial score (nSPS) is 11.1. The van der Waals surface area contributed by atoms with Crippen LogP contribution in [0.2, 0.25) is 0 Å². The minimum atomic E-state index is -0.524. The van der Waals surface area contributed by atoms with Crippen molar-refractivity contribution in [2.24, 2.45) is 14.1 Å². The molecule has 0 aliphatic heterocycles. The van der Waals surface area contributed by atoms with Gasteiger partial charge in [0.1, 0.15) is 17.2 Å². The van der Waals surface area contributed by atoms with Gasteiger partial charge >= 0.3 is 5.69 Å². The Hall–Kier alpha value is -4.02. The van der Waals surface area contributed by atoms with Crippen molar-refractivity contribution in [3.8, 4) is 11.3 Å². The third-order valence-corrected chi connectivity index (χ3v) is 4.43. The van der Waals surface area contributed by atoms with E-state index in [4.69, 9.17) is 4.52 Å². The fourth-order valence-electron chi connectivity index (χ4n) is 2.84. The van der Waals surface area contributed by atoms with E-state index in [0.717, 1.165) is 4.57 Å². The molecule has 0 saturated carbocycles. The van der Waals surface area contributed by atoms with Gasteiger partial charge in [0.2, 0.25) is 0 Å². The van der Waals surface area contributed by atoms with Gasteiger partial charge in [-0.05, 0) is 24.3 Å². The van der Waals surface area contributed by atoms with E-state index in [1.54, 1.807) is 0 Å². The number of aryl methyl sites for hydroxylation is 1. The molecule has 29 heavy (non-hydrogen) atoms. The molecular formula is C18H15FN6O4. The molecular weight excluding hydrogens is 383 g/mol. The Morgan fingerprint density at radius 3 is 2.66 bits per heavy atom. The number of hydrogen-bond donors (Lipinski definition) is 2. The smallest absolute Gasteiger partial charge is 0.332 e. The van der Waals surface area contributed by atoms with Crippen LogP contribution in [0.5, 0.6) is 0 Å². The van der Waals surface area contributed by atoms with Crippen molar-refractivity contribution in [1.29, 1.82) is 0 Å². The maximum absolute atomic E-state index is 13.0. The summed E-state index contributed by atoms with van der Waals surface area (Å²) in [4.78, 5) is 43.5. The van der Waals surface area contributed by atoms with Crippen LogP contribution in [-0.4, -0.2) is 30.2 Å². The summed E-state index contributed by atoms with van der Waals surface area (Å²) in [5, 5.41) is 6.32. The van der Waals surface area contributed by atoms with E-state index in [1.807, 2.05) is 0 Å². The number of nitrogens with one attached hydrogen (secondary N) is 2. The lowest BCUT2D eigenvalue weighted by molar-refractivity contribution is 0.0941. The first-order chi connectivity index (χ1) is 13.8. The van der Waals surface area contributed by atoms with Gasteiger partial charge in [0, 0.05) is 25.7 Å². The maximum atomic E-state index is 13.0. The predicted octanol–water partition coefficient (Wildman–Crippen LogP) is 0.684. The molecule has 1 amide bonds. The zero-order valence-corrected chi connectivity index (χ0v) is 15.4. The SMILES string of the molecule is Cn1c(=O)c2[nH]c(CNC(=O)c3cc(-c4ccc(F)cc4)on3)nc2n(C)c1=O. The Bertz CT molecular complexity index is 1350. The molecule has 0 atom stereocenters. The fourth-order valence-corrected chi connectivity index (χ4v) is 2.84. The van der Waals surface area contributed by atoms with E-state index in [9.17, 15) is 18.8 Å². The molecule has 10 nitrogen and oxygen atoms in total. The molecule has 2 N–H and O–H groups in total. The monoisotopic (exact) mass is 398 g/mol. The van der Waals surface area contributed by atoms with Crippen LogP contribution in [0, 0.1) is 5.82 Å². The maximum Gasteiger partial charge on any atom is 0.332 e. The number of imidazole rings is 1. The van der Waals surface area contributed by atoms with Crippen LogP contribution < -0.4 is 16.6 Å². The van der Waals surface area contributed by atoms with Crippen molar-refractivity contribution in [1.82, 2.24) is 29.6 Å². The highest BCUT2D eigenvalue weighted by molar-refractivity contribution is 5.93. The summed E-state index contributed by atoms with van der Waals surface area (Å²) in [6, 6.07) is 7.00. The molecule has 11 heteroatoms. The largest absolute Gasteiger partial charge is 0.355 e. The van der Waals surface area contributed by atoms with E-state index in [2.05, 4.69) is 20.4 Å². The van der Waals surface area contributed by atoms with Crippen molar-refractivity contribution in [3.05, 3.63) is 68.5 Å². The number of carbonyl (C=O) groups excluding carboxylic acids is 1. The van der Waals surface area contributed by atoms with E-state index in [1.165, 1.54) is 49.0 Å². The van der Waals surface area contributed by atoms with Gasteiger partial charge in [-0.25, -0.2) is 14.2 Å². The van der Waals surface area contributed by atoms with Gasteiger partial charge in [-0.1, -0.05) is 5.16 Å². The molecule has 0 aliphatic rings. The summed E-state index contributed by atoms with van der Waals surface area (Å²) in [6.07, 6.45) is 0. The Kier molecular flexibility index (Phi) is 4.34. The number of halogens is 1. The summed E-state index contributed by atoms with van der Waals surface area (Å²) >= 11 is 0. The van der Waals surface area contributed by atoms with Crippen LogP contribution in [-0.2, 0) is 20.6 Å². The summed E-state index contributed by atoms with van der Waals surface area (Å²) in [5.41, 5.74) is -0.0360. The fraction of sp³-hybridized carbons (Fsp3) is 0.167. The molecule has 0 unspecified atom stereocenters. The van der Waals surface area contributed by atoms with Crippen molar-refractivity contribution < 1.29 is 13.7 Å². The van der Waals surface area contributed by atoms with Gasteiger partial charge in [-0.3, -0.25) is 18.7 Å². The van der Waals surface area contributed by atoms with Crippen LogP contribution >= 0.6 is 0 Å². The lowest BCUT2D eigenvalue weighted by atomic mass is 10.1. The first kappa shape index (κ1) is 18.3. The standard InChI is InChI=1S/C18H15FN6O4/c1-24-15-14(17(27)25(2)18(24)28)21-13(22-15)8-20-16(26)11-7-12(29-23-11)9-3-5-10(19)6-4-9/h3-7H,8H2,1-2H3,(H,20,26)(H,21,22). The molecule has 0 fully saturated rings. The van der Waals surface area contributed by atoms with Crippen molar-refractivity contribution >= 4 is 17.1 Å². The molecule has 4 aromatic rings. The van der Waals surface area contributed by atoms with Crippen molar-refractivity contribution in [3.63, 3.8) is 0 Å². The van der Waals surface area contributed by atoms with Gasteiger partial charge in [0.25, 0.3) is 11.5 Å². The minimum Gasteiger partial charge on any atom is -0.355 e. The molecule has 0 radical (unpaired) electrons. The second-order valence-electron chi connectivity index (χ2n) is 6.35. The summed E-state index contributed by atoms with van der Waals surface area (Å²) in [6.45, 7) is -0.0242. The van der Waals surface area contributed by atoms with Gasteiger partial charge in [-0.15, -0.1) is 0 Å². The number of amides is 1. The van der Waals surface area contributed by atoms with E-state index < -0.39 is 17.2 Å². The average molecular weight is 398 g/mol. The number of fused-ring (bicyclic) bond motifs is 1. The molecule has 3 aromatic heterocycles. The van der Waals surface area contributed by atoms with Gasteiger partial charge < -0.3 is 14.8 Å². The molecule has 1 aromatic carbocycles. The number of nitrogens with zero attached hydrogens (tertiary/aromatic N) is 4. The lowest BCUT2D eigenvalue weighted by Crippen LogP contribution is -2.36. The topological polar surface area (TPSA) is 128 Å². The quantitative estimate of drug-likeness (QED) is 0.520.